The molecule has 0 atom stereocenters. The lowest BCUT2D eigenvalue weighted by Crippen LogP contribution is -1.88. The zero-order valence-corrected chi connectivity index (χ0v) is 10.2. The van der Waals surface area contributed by atoms with Crippen LogP contribution in [0, 0.1) is 0 Å². The summed E-state index contributed by atoms with van der Waals surface area (Å²) < 4.78 is 2.37. The zero-order valence-electron chi connectivity index (χ0n) is 7.00. The normalized spacial score (nSPS) is 10.9. The molecule has 0 aliphatic carbocycles. The van der Waals surface area contributed by atoms with Gasteiger partial charge in [-0.3, -0.25) is 0 Å². The molecule has 0 saturated heterocycles. The van der Waals surface area contributed by atoms with E-state index in [0.29, 0.717) is 0 Å². The third-order valence-electron chi connectivity index (χ3n) is 1.92. The second kappa shape index (κ2) is 3.52. The van der Waals surface area contributed by atoms with E-state index in [1.54, 1.807) is 23.1 Å². The molecule has 13 heavy (non-hydrogen) atoms. The molecule has 0 aliphatic heterocycles. The lowest BCUT2D eigenvalue weighted by molar-refractivity contribution is 1.50. The maximum absolute atomic E-state index is 6.01. The number of thiophene rings is 1. The molecule has 2 rings (SSSR count). The van der Waals surface area contributed by atoms with Crippen molar-refractivity contribution in [2.75, 3.05) is 12.0 Å². The number of fused-ring (bicyclic) bond motifs is 1. The van der Waals surface area contributed by atoms with Gasteiger partial charge in [-0.1, -0.05) is 0 Å². The molecular weight excluding hydrogens is 266 g/mol. The Balaban J connectivity index is 2.85. The van der Waals surface area contributed by atoms with Crippen molar-refractivity contribution in [1.29, 1.82) is 0 Å². The van der Waals surface area contributed by atoms with Crippen LogP contribution in [0.2, 0.25) is 0 Å². The minimum absolute atomic E-state index is 0.895. The van der Waals surface area contributed by atoms with Gasteiger partial charge in [0.1, 0.15) is 0 Å². The van der Waals surface area contributed by atoms with Crippen molar-refractivity contribution in [2.24, 2.45) is 0 Å². The summed E-state index contributed by atoms with van der Waals surface area (Å²) >= 11 is 6.93. The van der Waals surface area contributed by atoms with Gasteiger partial charge < -0.3 is 5.73 Å². The zero-order chi connectivity index (χ0) is 9.42. The summed E-state index contributed by atoms with van der Waals surface area (Å²) in [6.45, 7) is 0. The number of halogens is 1. The Morgan fingerprint density at radius 1 is 1.54 bits per heavy atom. The number of anilines is 1. The molecule has 0 bridgehead atoms. The third kappa shape index (κ3) is 1.47. The highest BCUT2D eigenvalue weighted by Gasteiger charge is 2.08. The summed E-state index contributed by atoms with van der Waals surface area (Å²) in [6, 6.07) is 4.15. The van der Waals surface area contributed by atoms with Crippen molar-refractivity contribution in [3.05, 3.63) is 22.0 Å². The molecule has 2 N–H and O–H groups in total. The predicted molar refractivity (Wildman–Crippen MR) is 65.7 cm³/mol. The Bertz CT molecular complexity index is 450. The van der Waals surface area contributed by atoms with Gasteiger partial charge >= 0.3 is 0 Å². The minimum atomic E-state index is 0.895. The summed E-state index contributed by atoms with van der Waals surface area (Å²) in [5, 5.41) is 3.22. The van der Waals surface area contributed by atoms with Crippen LogP contribution >= 0.6 is 39.0 Å². The molecule has 1 nitrogen and oxygen atoms in total. The van der Waals surface area contributed by atoms with Crippen molar-refractivity contribution in [3.63, 3.8) is 0 Å². The van der Waals surface area contributed by atoms with Gasteiger partial charge in [-0.25, -0.2) is 0 Å². The number of hydrogen-bond acceptors (Lipinski definition) is 3. The highest BCUT2D eigenvalue weighted by molar-refractivity contribution is 9.10. The van der Waals surface area contributed by atoms with Crippen molar-refractivity contribution in [1.82, 2.24) is 0 Å². The standard InChI is InChI=1S/C9H8BrNS2/c1-12-7-4-6(10)9-5(8(7)11)2-3-13-9/h2-4H,11H2,1H3. The molecular formula is C9H8BrNS2. The summed E-state index contributed by atoms with van der Waals surface area (Å²) in [5.41, 5.74) is 6.90. The fourth-order valence-electron chi connectivity index (χ4n) is 1.27. The summed E-state index contributed by atoms with van der Waals surface area (Å²) in [6.07, 6.45) is 2.04. The molecule has 0 spiro atoms. The first kappa shape index (κ1) is 9.37. The van der Waals surface area contributed by atoms with Gasteiger partial charge in [0.15, 0.2) is 0 Å². The smallest absolute Gasteiger partial charge is 0.0541 e. The van der Waals surface area contributed by atoms with Gasteiger partial charge in [0, 0.05) is 14.8 Å². The Hall–Kier alpha value is -0.190. The molecule has 0 aliphatic rings. The van der Waals surface area contributed by atoms with Crippen LogP contribution < -0.4 is 5.73 Å². The number of nitrogen functional groups attached to an aromatic ring is 1. The molecule has 0 radical (unpaired) electrons. The first-order chi connectivity index (χ1) is 6.24. The van der Waals surface area contributed by atoms with E-state index in [2.05, 4.69) is 33.4 Å². The second-order valence-corrected chi connectivity index (χ2v) is 5.26. The van der Waals surface area contributed by atoms with Crippen LogP contribution in [0.25, 0.3) is 10.1 Å². The van der Waals surface area contributed by atoms with Gasteiger partial charge in [-0.2, -0.15) is 0 Å². The van der Waals surface area contributed by atoms with Crippen LogP contribution in [0.5, 0.6) is 0 Å². The monoisotopic (exact) mass is 273 g/mol. The third-order valence-corrected chi connectivity index (χ3v) is 4.53. The van der Waals surface area contributed by atoms with E-state index in [-0.39, 0.29) is 0 Å². The van der Waals surface area contributed by atoms with Crippen LogP contribution in [0.4, 0.5) is 5.69 Å². The number of rotatable bonds is 1. The lowest BCUT2D eigenvalue weighted by Gasteiger charge is -2.05. The van der Waals surface area contributed by atoms with Crippen LogP contribution in [0.15, 0.2) is 26.9 Å². The first-order valence-electron chi connectivity index (χ1n) is 3.73. The summed E-state index contributed by atoms with van der Waals surface area (Å²) in [5.74, 6) is 0. The quantitative estimate of drug-likeness (QED) is 0.629. The second-order valence-electron chi connectivity index (χ2n) is 2.64. The molecule has 68 valence electrons. The maximum Gasteiger partial charge on any atom is 0.0541 e. The van der Waals surface area contributed by atoms with Gasteiger partial charge in [0.25, 0.3) is 0 Å². The highest BCUT2D eigenvalue weighted by atomic mass is 79.9. The van der Waals surface area contributed by atoms with E-state index in [4.69, 9.17) is 5.73 Å². The Morgan fingerprint density at radius 3 is 3.00 bits per heavy atom. The average Bonchev–Trinajstić information content (AvgIpc) is 2.60. The summed E-state index contributed by atoms with van der Waals surface area (Å²) in [7, 11) is 0. The number of benzene rings is 1. The van der Waals surface area contributed by atoms with Gasteiger partial charge in [0.05, 0.1) is 10.4 Å². The van der Waals surface area contributed by atoms with Crippen LogP contribution in [0.3, 0.4) is 0 Å². The molecule has 0 unspecified atom stereocenters. The Kier molecular flexibility index (Phi) is 2.53. The van der Waals surface area contributed by atoms with Gasteiger partial charge in [0.2, 0.25) is 0 Å². The van der Waals surface area contributed by atoms with Crippen molar-refractivity contribution in [2.45, 2.75) is 4.90 Å². The molecule has 1 heterocycles. The topological polar surface area (TPSA) is 26.0 Å². The first-order valence-corrected chi connectivity index (χ1v) is 6.63. The van der Waals surface area contributed by atoms with E-state index in [1.165, 1.54) is 4.70 Å². The molecule has 0 amide bonds. The molecule has 2 aromatic rings. The molecule has 1 aromatic heterocycles. The van der Waals surface area contributed by atoms with E-state index in [0.717, 1.165) is 20.4 Å². The fraction of sp³-hybridized carbons (Fsp3) is 0.111. The maximum atomic E-state index is 6.01. The van der Waals surface area contributed by atoms with Crippen LogP contribution in [-0.2, 0) is 0 Å². The Morgan fingerprint density at radius 2 is 2.31 bits per heavy atom. The Labute approximate surface area is 93.4 Å². The summed E-state index contributed by atoms with van der Waals surface area (Å²) in [4.78, 5) is 1.14. The number of thioether (sulfide) groups is 1. The molecule has 0 fully saturated rings. The molecule has 4 heteroatoms. The minimum Gasteiger partial charge on any atom is -0.397 e. The fourth-order valence-corrected chi connectivity index (χ4v) is 3.52. The molecule has 0 saturated carbocycles. The van der Waals surface area contributed by atoms with Crippen LogP contribution in [0.1, 0.15) is 0 Å². The van der Waals surface area contributed by atoms with Crippen LogP contribution in [-0.4, -0.2) is 6.26 Å². The van der Waals surface area contributed by atoms with Crippen molar-refractivity contribution < 1.29 is 0 Å². The number of nitrogens with two attached hydrogens (primary N) is 1. The van der Waals surface area contributed by atoms with Crippen molar-refractivity contribution >= 4 is 54.8 Å². The lowest BCUT2D eigenvalue weighted by atomic mass is 10.2. The number of hydrogen-bond donors (Lipinski definition) is 1. The van der Waals surface area contributed by atoms with E-state index in [1.807, 2.05) is 6.26 Å². The average molecular weight is 274 g/mol. The molecule has 1 aromatic carbocycles. The van der Waals surface area contributed by atoms with Gasteiger partial charge in [-0.15, -0.1) is 23.1 Å². The highest BCUT2D eigenvalue weighted by Crippen LogP contribution is 2.38. The largest absolute Gasteiger partial charge is 0.397 e. The van der Waals surface area contributed by atoms with Gasteiger partial charge in [-0.05, 0) is 39.7 Å². The predicted octanol–water partition coefficient (Wildman–Crippen LogP) is 3.97. The SMILES string of the molecule is CSc1cc(Br)c2sccc2c1N. The van der Waals surface area contributed by atoms with E-state index in [9.17, 15) is 0 Å². The van der Waals surface area contributed by atoms with E-state index >= 15 is 0 Å². The van der Waals surface area contributed by atoms with Crippen molar-refractivity contribution in [3.8, 4) is 0 Å². The van der Waals surface area contributed by atoms with E-state index < -0.39 is 0 Å².